The normalized spacial score (nSPS) is 30.5. The first-order chi connectivity index (χ1) is 7.84. The summed E-state index contributed by atoms with van der Waals surface area (Å²) >= 11 is 0. The third kappa shape index (κ3) is 4.97. The zero-order valence-electron chi connectivity index (χ0n) is 12.4. The fourth-order valence-electron chi connectivity index (χ4n) is 3.04. The number of aliphatic hydroxyl groups is 1. The maximum atomic E-state index is 10.1. The van der Waals surface area contributed by atoms with Gasteiger partial charge in [0, 0.05) is 13.1 Å². The Morgan fingerprint density at radius 2 is 2.06 bits per heavy atom. The monoisotopic (exact) mass is 241 g/mol. The molecule has 0 aromatic heterocycles. The van der Waals surface area contributed by atoms with Gasteiger partial charge >= 0.3 is 0 Å². The highest BCUT2D eigenvalue weighted by Crippen LogP contribution is 2.38. The lowest BCUT2D eigenvalue weighted by molar-refractivity contribution is 0.00619. The van der Waals surface area contributed by atoms with E-state index in [1.807, 2.05) is 0 Å². The first kappa shape index (κ1) is 15.0. The number of hydrogen-bond acceptors (Lipinski definition) is 2. The molecule has 3 unspecified atom stereocenters. The fraction of sp³-hybridized carbons (Fsp3) is 1.00. The van der Waals surface area contributed by atoms with Crippen LogP contribution in [-0.4, -0.2) is 36.2 Å². The lowest BCUT2D eigenvalue weighted by Gasteiger charge is -2.40. The molecule has 1 fully saturated rings. The maximum absolute atomic E-state index is 10.1. The van der Waals surface area contributed by atoms with E-state index in [0.29, 0.717) is 11.3 Å². The van der Waals surface area contributed by atoms with E-state index in [1.54, 1.807) is 0 Å². The van der Waals surface area contributed by atoms with Gasteiger partial charge in [0.05, 0.1) is 6.10 Å². The topological polar surface area (TPSA) is 23.5 Å². The van der Waals surface area contributed by atoms with Crippen molar-refractivity contribution in [2.24, 2.45) is 17.3 Å². The van der Waals surface area contributed by atoms with E-state index in [9.17, 15) is 5.11 Å². The highest BCUT2D eigenvalue weighted by Gasteiger charge is 2.34. The van der Waals surface area contributed by atoms with Crippen molar-refractivity contribution in [2.75, 3.05) is 20.1 Å². The molecule has 0 amide bonds. The van der Waals surface area contributed by atoms with Crippen LogP contribution in [0.15, 0.2) is 0 Å². The summed E-state index contributed by atoms with van der Waals surface area (Å²) in [4.78, 5) is 2.41. The fourth-order valence-corrected chi connectivity index (χ4v) is 3.04. The molecule has 2 heteroatoms. The second-order valence-corrected chi connectivity index (χ2v) is 6.97. The molecule has 1 N–H and O–H groups in total. The molecule has 1 aliphatic carbocycles. The van der Waals surface area contributed by atoms with Crippen LogP contribution in [0.25, 0.3) is 0 Å². The van der Waals surface area contributed by atoms with Gasteiger partial charge in [-0.2, -0.15) is 0 Å². The van der Waals surface area contributed by atoms with Crippen molar-refractivity contribution in [2.45, 2.75) is 59.5 Å². The Labute approximate surface area is 107 Å². The first-order valence-corrected chi connectivity index (χ1v) is 7.20. The van der Waals surface area contributed by atoms with Crippen LogP contribution in [0.1, 0.15) is 53.4 Å². The smallest absolute Gasteiger partial charge is 0.0581 e. The van der Waals surface area contributed by atoms with E-state index >= 15 is 0 Å². The van der Waals surface area contributed by atoms with Crippen molar-refractivity contribution in [3.05, 3.63) is 0 Å². The Kier molecular flexibility index (Phi) is 5.46. The highest BCUT2D eigenvalue weighted by molar-refractivity contribution is 4.86. The van der Waals surface area contributed by atoms with Crippen molar-refractivity contribution >= 4 is 0 Å². The molecule has 0 aromatic rings. The predicted octanol–water partition coefficient (Wildman–Crippen LogP) is 3.15. The quantitative estimate of drug-likeness (QED) is 0.799. The number of rotatable bonds is 5. The summed E-state index contributed by atoms with van der Waals surface area (Å²) in [5.74, 6) is 1.22. The lowest BCUT2D eigenvalue weighted by Crippen LogP contribution is -2.40. The van der Waals surface area contributed by atoms with Gasteiger partial charge in [0.1, 0.15) is 0 Å². The average Bonchev–Trinajstić information content (AvgIpc) is 2.23. The molecule has 102 valence electrons. The summed E-state index contributed by atoms with van der Waals surface area (Å²) in [6.45, 7) is 11.4. The van der Waals surface area contributed by atoms with Gasteiger partial charge in [-0.25, -0.2) is 0 Å². The first-order valence-electron chi connectivity index (χ1n) is 7.20. The van der Waals surface area contributed by atoms with Crippen LogP contribution in [0.5, 0.6) is 0 Å². The summed E-state index contributed by atoms with van der Waals surface area (Å²) in [6, 6.07) is 0. The summed E-state index contributed by atoms with van der Waals surface area (Å²) in [6.07, 6.45) is 4.47. The molecule has 1 saturated carbocycles. The molecule has 0 bridgehead atoms. The van der Waals surface area contributed by atoms with E-state index < -0.39 is 0 Å². The molecule has 17 heavy (non-hydrogen) atoms. The van der Waals surface area contributed by atoms with Crippen LogP contribution in [-0.2, 0) is 0 Å². The number of aliphatic hydroxyl groups excluding tert-OH is 1. The predicted molar refractivity (Wildman–Crippen MR) is 74.1 cm³/mol. The Balaban J connectivity index is 2.43. The van der Waals surface area contributed by atoms with Crippen molar-refractivity contribution in [1.82, 2.24) is 4.90 Å². The van der Waals surface area contributed by atoms with Gasteiger partial charge in [-0.15, -0.1) is 0 Å². The molecule has 0 spiro atoms. The number of nitrogens with zero attached hydrogens (tertiary/aromatic N) is 1. The van der Waals surface area contributed by atoms with E-state index in [2.05, 4.69) is 39.6 Å². The van der Waals surface area contributed by atoms with E-state index in [0.717, 1.165) is 25.4 Å². The Bertz CT molecular complexity index is 227. The standard InChI is InChI=1S/C15H31NO/c1-6-12(2)10-16(5)11-13-9-15(3,4)8-7-14(13)17/h12-14,17H,6-11H2,1-5H3. The minimum absolute atomic E-state index is 0.0811. The molecule has 3 atom stereocenters. The molecule has 0 heterocycles. The highest BCUT2D eigenvalue weighted by atomic mass is 16.3. The zero-order chi connectivity index (χ0) is 13.1. The third-order valence-electron chi connectivity index (χ3n) is 4.34. The Morgan fingerprint density at radius 3 is 2.65 bits per heavy atom. The third-order valence-corrected chi connectivity index (χ3v) is 4.34. The second kappa shape index (κ2) is 6.19. The SMILES string of the molecule is CCC(C)CN(C)CC1CC(C)(C)CCC1O. The van der Waals surface area contributed by atoms with Crippen LogP contribution in [0, 0.1) is 17.3 Å². The van der Waals surface area contributed by atoms with Gasteiger partial charge in [0.15, 0.2) is 0 Å². The van der Waals surface area contributed by atoms with Gasteiger partial charge in [-0.1, -0.05) is 34.1 Å². The summed E-state index contributed by atoms with van der Waals surface area (Å²) in [7, 11) is 2.19. The Morgan fingerprint density at radius 1 is 1.41 bits per heavy atom. The van der Waals surface area contributed by atoms with Gasteiger partial charge < -0.3 is 10.0 Å². The van der Waals surface area contributed by atoms with Crippen LogP contribution in [0.3, 0.4) is 0 Å². The summed E-state index contributed by atoms with van der Waals surface area (Å²) < 4.78 is 0. The lowest BCUT2D eigenvalue weighted by atomic mass is 9.71. The van der Waals surface area contributed by atoms with Crippen molar-refractivity contribution in [3.63, 3.8) is 0 Å². The van der Waals surface area contributed by atoms with Gasteiger partial charge in [0.25, 0.3) is 0 Å². The van der Waals surface area contributed by atoms with E-state index in [-0.39, 0.29) is 6.10 Å². The maximum Gasteiger partial charge on any atom is 0.0581 e. The molecule has 1 rings (SSSR count). The van der Waals surface area contributed by atoms with Crippen molar-refractivity contribution in [1.29, 1.82) is 0 Å². The van der Waals surface area contributed by atoms with E-state index in [4.69, 9.17) is 0 Å². The minimum atomic E-state index is -0.0811. The molecule has 2 nitrogen and oxygen atoms in total. The molecular formula is C15H31NO. The van der Waals surface area contributed by atoms with Gasteiger partial charge in [0.2, 0.25) is 0 Å². The van der Waals surface area contributed by atoms with Crippen LogP contribution in [0.2, 0.25) is 0 Å². The number of hydrogen-bond donors (Lipinski definition) is 1. The van der Waals surface area contributed by atoms with Crippen LogP contribution < -0.4 is 0 Å². The average molecular weight is 241 g/mol. The summed E-state index contributed by atoms with van der Waals surface area (Å²) in [5.41, 5.74) is 0.418. The van der Waals surface area contributed by atoms with Crippen LogP contribution in [0.4, 0.5) is 0 Å². The zero-order valence-corrected chi connectivity index (χ0v) is 12.4. The molecule has 0 aromatic carbocycles. The molecule has 0 radical (unpaired) electrons. The summed E-state index contributed by atoms with van der Waals surface area (Å²) in [5, 5.41) is 10.1. The molecule has 0 saturated heterocycles. The van der Waals surface area contributed by atoms with Gasteiger partial charge in [-0.3, -0.25) is 0 Å². The molecule has 0 aliphatic heterocycles. The largest absolute Gasteiger partial charge is 0.393 e. The van der Waals surface area contributed by atoms with E-state index in [1.165, 1.54) is 19.3 Å². The molecule has 1 aliphatic rings. The Hall–Kier alpha value is -0.0800. The van der Waals surface area contributed by atoms with Crippen molar-refractivity contribution < 1.29 is 5.11 Å². The van der Waals surface area contributed by atoms with Gasteiger partial charge in [-0.05, 0) is 43.6 Å². The van der Waals surface area contributed by atoms with Crippen molar-refractivity contribution in [3.8, 4) is 0 Å². The second-order valence-electron chi connectivity index (χ2n) is 6.97. The molecular weight excluding hydrogens is 210 g/mol. The minimum Gasteiger partial charge on any atom is -0.393 e. The van der Waals surface area contributed by atoms with Crippen LogP contribution >= 0.6 is 0 Å².